The summed E-state index contributed by atoms with van der Waals surface area (Å²) in [6, 6.07) is 6.46. The minimum absolute atomic E-state index is 0.0929. The summed E-state index contributed by atoms with van der Waals surface area (Å²) in [7, 11) is -2.12. The fraction of sp³-hybridized carbons (Fsp3) is 0.481. The van der Waals surface area contributed by atoms with E-state index in [-0.39, 0.29) is 4.90 Å². The number of hydrogen-bond acceptors (Lipinski definition) is 4. The second-order valence-corrected chi connectivity index (χ2v) is 11.5. The van der Waals surface area contributed by atoms with Gasteiger partial charge in [-0.05, 0) is 79.3 Å². The average molecular weight is 554 g/mol. The van der Waals surface area contributed by atoms with Crippen LogP contribution in [0.4, 0.5) is 17.6 Å². The maximum atomic E-state index is 14.8. The van der Waals surface area contributed by atoms with Crippen molar-refractivity contribution < 1.29 is 21.8 Å². The smallest absolute Gasteiger partial charge is 0.255 e. The highest BCUT2D eigenvalue weighted by molar-refractivity contribution is 7.98. The number of nitrogens with one attached hydrogen (secondary N) is 1. The Kier molecular flexibility index (Phi) is 9.95. The Bertz CT molecular complexity index is 1200. The van der Waals surface area contributed by atoms with Crippen molar-refractivity contribution in [2.24, 2.45) is 11.8 Å². The topological polar surface area (TPSA) is 65.8 Å². The molecule has 1 aromatic carbocycles. The van der Waals surface area contributed by atoms with Gasteiger partial charge >= 0.3 is 6.18 Å². The number of allylic oxidation sites excluding steroid dienone is 2. The average Bonchev–Trinajstić information content (AvgIpc) is 2.83. The number of aryl methyl sites for hydroxylation is 1. The summed E-state index contributed by atoms with van der Waals surface area (Å²) in [6.45, 7) is 4.84. The molecular formula is C27H31F4N3OS2. The zero-order chi connectivity index (χ0) is 27.3. The molecule has 200 valence electrons. The van der Waals surface area contributed by atoms with E-state index < -0.39 is 29.0 Å². The fourth-order valence-electron chi connectivity index (χ4n) is 4.49. The Morgan fingerprint density at radius 3 is 2.51 bits per heavy atom. The second-order valence-electron chi connectivity index (χ2n) is 9.36. The summed E-state index contributed by atoms with van der Waals surface area (Å²) in [4.78, 5) is 5.00. The van der Waals surface area contributed by atoms with Crippen LogP contribution in [0.15, 0.2) is 40.3 Å². The Labute approximate surface area is 222 Å². The van der Waals surface area contributed by atoms with Crippen LogP contribution in [0.5, 0.6) is 0 Å². The van der Waals surface area contributed by atoms with Crippen molar-refractivity contribution in [3.63, 3.8) is 0 Å². The van der Waals surface area contributed by atoms with Crippen LogP contribution in [0.1, 0.15) is 62.8 Å². The van der Waals surface area contributed by atoms with E-state index in [0.717, 1.165) is 31.7 Å². The third-order valence-electron chi connectivity index (χ3n) is 7.02. The summed E-state index contributed by atoms with van der Waals surface area (Å²) in [5, 5.41) is 10.2. The molecule has 10 heteroatoms. The molecule has 3 atom stereocenters. The first-order valence-corrected chi connectivity index (χ1v) is 14.6. The van der Waals surface area contributed by atoms with Crippen LogP contribution in [0, 0.1) is 35.9 Å². The maximum absolute atomic E-state index is 14.8. The zero-order valence-electron chi connectivity index (χ0n) is 21.3. The Morgan fingerprint density at radius 1 is 1.32 bits per heavy atom. The Hall–Kier alpha value is -2.22. The van der Waals surface area contributed by atoms with E-state index in [4.69, 9.17) is 0 Å². The number of benzene rings is 1. The summed E-state index contributed by atoms with van der Waals surface area (Å²) in [6.07, 6.45) is 3.42. The quantitative estimate of drug-likeness (QED) is 0.188. The van der Waals surface area contributed by atoms with E-state index in [1.165, 1.54) is 36.5 Å². The second kappa shape index (κ2) is 12.5. The predicted molar refractivity (Wildman–Crippen MR) is 140 cm³/mol. The van der Waals surface area contributed by atoms with Crippen LogP contribution in [-0.4, -0.2) is 27.7 Å². The molecule has 1 aromatic heterocycles. The Balaban J connectivity index is 2.06. The molecule has 0 aliphatic heterocycles. The van der Waals surface area contributed by atoms with Crippen molar-refractivity contribution in [2.75, 3.05) is 6.26 Å². The number of alkyl halides is 3. The van der Waals surface area contributed by atoms with Gasteiger partial charge in [-0.25, -0.2) is 13.3 Å². The van der Waals surface area contributed by atoms with Crippen molar-refractivity contribution in [3.8, 4) is 6.07 Å². The Morgan fingerprint density at radius 2 is 2.03 bits per heavy atom. The summed E-state index contributed by atoms with van der Waals surface area (Å²) >= 11 is 1.29. The van der Waals surface area contributed by atoms with Crippen LogP contribution in [0.25, 0.3) is 11.1 Å². The molecule has 37 heavy (non-hydrogen) atoms. The molecule has 0 radical (unpaired) electrons. The largest absolute Gasteiger partial charge is 0.404 e. The number of hydrogen-bond donors (Lipinski definition) is 1. The highest BCUT2D eigenvalue weighted by atomic mass is 32.2. The van der Waals surface area contributed by atoms with Crippen molar-refractivity contribution in [2.45, 2.75) is 74.9 Å². The molecule has 4 nitrogen and oxygen atoms in total. The van der Waals surface area contributed by atoms with Crippen LogP contribution in [-0.2, 0) is 11.0 Å². The molecular weight excluding hydrogens is 522 g/mol. The first-order chi connectivity index (χ1) is 17.5. The molecule has 1 fully saturated rings. The molecule has 1 N–H and O–H groups in total. The lowest BCUT2D eigenvalue weighted by Crippen LogP contribution is -2.40. The molecule has 0 saturated heterocycles. The van der Waals surface area contributed by atoms with Crippen molar-refractivity contribution in [3.05, 3.63) is 53.1 Å². The van der Waals surface area contributed by atoms with E-state index in [1.54, 1.807) is 18.4 Å². The fourth-order valence-corrected chi connectivity index (χ4v) is 5.97. The van der Waals surface area contributed by atoms with Crippen molar-refractivity contribution >= 4 is 33.9 Å². The molecule has 0 bridgehead atoms. The van der Waals surface area contributed by atoms with Gasteiger partial charge in [0.25, 0.3) is 0 Å². The van der Waals surface area contributed by atoms with E-state index in [0.29, 0.717) is 45.6 Å². The molecule has 3 unspecified atom stereocenters. The van der Waals surface area contributed by atoms with Gasteiger partial charge in [-0.2, -0.15) is 18.4 Å². The third-order valence-corrected chi connectivity index (χ3v) is 9.01. The van der Waals surface area contributed by atoms with Gasteiger partial charge in [-0.3, -0.25) is 4.98 Å². The molecule has 1 saturated carbocycles. The molecule has 2 aromatic rings. The first-order valence-electron chi connectivity index (χ1n) is 12.2. The predicted octanol–water partition coefficient (Wildman–Crippen LogP) is 7.46. The number of nitrogens with zero attached hydrogens (tertiary/aromatic N) is 2. The molecule has 0 spiro atoms. The van der Waals surface area contributed by atoms with Crippen LogP contribution in [0.2, 0.25) is 0 Å². The number of thioether (sulfide) groups is 1. The van der Waals surface area contributed by atoms with Gasteiger partial charge in [0.1, 0.15) is 28.9 Å². The standard InChI is InChI=1S/C27H31F4N3OS2/c1-5-18(19-7-6-8-19)12-22(23(14-32)21-13-24(28)26(36-4)11-16(21)2)25-10-9-20(15-33-25)37(35)34-17(3)27(29,30)31/h9-11,13,15,17-19,34H,5-8,12H2,1-4H3. The van der Waals surface area contributed by atoms with E-state index in [9.17, 15) is 27.0 Å². The molecule has 3 rings (SSSR count). The van der Waals surface area contributed by atoms with Gasteiger partial charge in [0.2, 0.25) is 0 Å². The lowest BCUT2D eigenvalue weighted by Gasteiger charge is -2.34. The molecule has 0 amide bonds. The maximum Gasteiger partial charge on any atom is 0.404 e. The minimum Gasteiger partial charge on any atom is -0.255 e. The van der Waals surface area contributed by atoms with Crippen LogP contribution >= 0.6 is 11.8 Å². The minimum atomic E-state index is -4.53. The van der Waals surface area contributed by atoms with Crippen LogP contribution < -0.4 is 4.72 Å². The lowest BCUT2D eigenvalue weighted by atomic mass is 9.71. The number of pyridine rings is 1. The van der Waals surface area contributed by atoms with E-state index in [2.05, 4.69) is 18.0 Å². The zero-order valence-corrected chi connectivity index (χ0v) is 22.9. The number of rotatable bonds is 10. The monoisotopic (exact) mass is 553 g/mol. The van der Waals surface area contributed by atoms with Crippen molar-refractivity contribution in [1.82, 2.24) is 9.71 Å². The third kappa shape index (κ3) is 7.01. The van der Waals surface area contributed by atoms with Gasteiger partial charge in [-0.1, -0.05) is 32.6 Å². The highest BCUT2D eigenvalue weighted by Crippen LogP contribution is 2.42. The van der Waals surface area contributed by atoms with E-state index in [1.807, 2.05) is 11.6 Å². The van der Waals surface area contributed by atoms with Gasteiger partial charge < -0.3 is 0 Å². The molecule has 1 aliphatic rings. The molecule has 1 heterocycles. The van der Waals surface area contributed by atoms with Gasteiger partial charge in [0.15, 0.2) is 0 Å². The van der Waals surface area contributed by atoms with E-state index >= 15 is 0 Å². The van der Waals surface area contributed by atoms with Crippen molar-refractivity contribution in [1.29, 1.82) is 5.26 Å². The number of nitriles is 1. The number of aromatic nitrogens is 1. The number of halogens is 4. The summed E-state index contributed by atoms with van der Waals surface area (Å²) in [5.74, 6) is 0.443. The van der Waals surface area contributed by atoms with Crippen LogP contribution in [0.3, 0.4) is 0 Å². The first kappa shape index (κ1) is 29.3. The lowest BCUT2D eigenvalue weighted by molar-refractivity contribution is -0.146. The SMILES string of the molecule is CCC(CC(=C(C#N)c1cc(F)c(SC)cc1C)c1ccc(S(=O)NC(C)C(F)(F)F)cn1)C1CCC1. The summed E-state index contributed by atoms with van der Waals surface area (Å²) < 4.78 is 67.9. The highest BCUT2D eigenvalue weighted by Gasteiger charge is 2.37. The van der Waals surface area contributed by atoms with Gasteiger partial charge in [-0.15, -0.1) is 11.8 Å². The van der Waals surface area contributed by atoms with Gasteiger partial charge in [0.05, 0.1) is 16.2 Å². The normalized spacial score (nSPS) is 17.4. The van der Waals surface area contributed by atoms with Gasteiger partial charge in [0, 0.05) is 11.1 Å². The summed E-state index contributed by atoms with van der Waals surface area (Å²) in [5.41, 5.74) is 2.71. The molecule has 1 aliphatic carbocycles.